The molecule has 2 fully saturated rings. The lowest BCUT2D eigenvalue weighted by Crippen LogP contribution is -2.49. The van der Waals surface area contributed by atoms with Crippen LogP contribution in [0.1, 0.15) is 51.9 Å². The molecule has 3 N–H and O–H groups in total. The Bertz CT molecular complexity index is 323. The van der Waals surface area contributed by atoms with Crippen molar-refractivity contribution in [3.63, 3.8) is 0 Å². The molecule has 96 valence electrons. The number of nitrogens with one attached hydrogen (secondary N) is 1. The lowest BCUT2D eigenvalue weighted by Gasteiger charge is -2.28. The molecule has 2 aliphatic rings. The van der Waals surface area contributed by atoms with E-state index in [9.17, 15) is 4.79 Å². The van der Waals surface area contributed by atoms with Gasteiger partial charge in [0, 0.05) is 6.04 Å². The van der Waals surface area contributed by atoms with Crippen LogP contribution in [0.2, 0.25) is 0 Å². The second-order valence-corrected chi connectivity index (χ2v) is 6.18. The Morgan fingerprint density at radius 1 is 1.35 bits per heavy atom. The fraction of sp³-hybridized carbons (Fsp3) is 0.846. The number of thiocarbonyl (C=S) groups is 1. The maximum Gasteiger partial charge on any atom is 0.233 e. The number of hydrogen-bond acceptors (Lipinski definition) is 2. The molecule has 2 aliphatic carbocycles. The van der Waals surface area contributed by atoms with Gasteiger partial charge in [-0.15, -0.1) is 0 Å². The summed E-state index contributed by atoms with van der Waals surface area (Å²) in [4.78, 5) is 12.8. The van der Waals surface area contributed by atoms with Crippen LogP contribution in [0.4, 0.5) is 0 Å². The normalized spacial score (nSPS) is 31.4. The molecule has 0 saturated heterocycles. The molecule has 17 heavy (non-hydrogen) atoms. The van der Waals surface area contributed by atoms with E-state index in [1.54, 1.807) is 0 Å². The van der Waals surface area contributed by atoms with Gasteiger partial charge >= 0.3 is 0 Å². The molecule has 2 unspecified atom stereocenters. The molecule has 2 atom stereocenters. The molecular formula is C13H22N2OS. The Morgan fingerprint density at radius 2 is 2.00 bits per heavy atom. The number of nitrogens with two attached hydrogens (primary N) is 1. The summed E-state index contributed by atoms with van der Waals surface area (Å²) >= 11 is 5.12. The fourth-order valence-electron chi connectivity index (χ4n) is 3.23. The van der Waals surface area contributed by atoms with E-state index in [1.165, 1.54) is 6.42 Å². The lowest BCUT2D eigenvalue weighted by molar-refractivity contribution is -0.128. The van der Waals surface area contributed by atoms with Crippen molar-refractivity contribution in [1.82, 2.24) is 5.32 Å². The van der Waals surface area contributed by atoms with Crippen molar-refractivity contribution in [2.75, 3.05) is 0 Å². The standard InChI is InChI=1S/C13H22N2OS/c1-9-4-5-10(8-9)15-12(16)13(11(14)17)6-2-3-7-13/h9-10H,2-8H2,1H3,(H2,14,17)(H,15,16). The summed E-state index contributed by atoms with van der Waals surface area (Å²) in [7, 11) is 0. The Balaban J connectivity index is 2.00. The number of hydrogen-bond donors (Lipinski definition) is 2. The van der Waals surface area contributed by atoms with Crippen LogP contribution in [-0.4, -0.2) is 16.9 Å². The topological polar surface area (TPSA) is 55.1 Å². The van der Waals surface area contributed by atoms with Crippen LogP contribution in [0.5, 0.6) is 0 Å². The van der Waals surface area contributed by atoms with Crippen LogP contribution in [0.15, 0.2) is 0 Å². The summed E-state index contributed by atoms with van der Waals surface area (Å²) in [5, 5.41) is 3.17. The summed E-state index contributed by atoms with van der Waals surface area (Å²) in [5.74, 6) is 0.811. The van der Waals surface area contributed by atoms with Crippen LogP contribution in [-0.2, 0) is 4.79 Å². The van der Waals surface area contributed by atoms with Crippen molar-refractivity contribution in [3.8, 4) is 0 Å². The maximum absolute atomic E-state index is 12.4. The van der Waals surface area contributed by atoms with Gasteiger partial charge in [0.1, 0.15) is 0 Å². The largest absolute Gasteiger partial charge is 0.392 e. The molecule has 3 nitrogen and oxygen atoms in total. The van der Waals surface area contributed by atoms with Crippen LogP contribution in [0, 0.1) is 11.3 Å². The second-order valence-electron chi connectivity index (χ2n) is 5.74. The Kier molecular flexibility index (Phi) is 3.71. The van der Waals surface area contributed by atoms with E-state index in [1.807, 2.05) is 0 Å². The van der Waals surface area contributed by atoms with Gasteiger partial charge in [0.05, 0.1) is 10.4 Å². The Morgan fingerprint density at radius 3 is 2.47 bits per heavy atom. The number of rotatable bonds is 3. The predicted octanol–water partition coefficient (Wildman–Crippen LogP) is 2.14. The van der Waals surface area contributed by atoms with Crippen LogP contribution < -0.4 is 11.1 Å². The van der Waals surface area contributed by atoms with Gasteiger partial charge in [0.15, 0.2) is 0 Å². The minimum Gasteiger partial charge on any atom is -0.392 e. The van der Waals surface area contributed by atoms with Gasteiger partial charge in [-0.25, -0.2) is 0 Å². The maximum atomic E-state index is 12.4. The van der Waals surface area contributed by atoms with Crippen molar-refractivity contribution in [2.45, 2.75) is 57.9 Å². The average Bonchev–Trinajstić information content (AvgIpc) is 2.87. The van der Waals surface area contributed by atoms with E-state index in [4.69, 9.17) is 18.0 Å². The van der Waals surface area contributed by atoms with Crippen molar-refractivity contribution in [1.29, 1.82) is 0 Å². The van der Waals surface area contributed by atoms with Gasteiger partial charge in [-0.05, 0) is 38.0 Å². The summed E-state index contributed by atoms with van der Waals surface area (Å²) in [6.07, 6.45) is 7.19. The van der Waals surface area contributed by atoms with E-state index in [2.05, 4.69) is 12.2 Å². The first-order valence-corrected chi connectivity index (χ1v) is 7.06. The molecule has 1 amide bonds. The summed E-state index contributed by atoms with van der Waals surface area (Å²) in [6, 6.07) is 0.337. The second kappa shape index (κ2) is 4.92. The van der Waals surface area contributed by atoms with E-state index < -0.39 is 5.41 Å². The predicted molar refractivity (Wildman–Crippen MR) is 72.6 cm³/mol. The van der Waals surface area contributed by atoms with Crippen molar-refractivity contribution in [2.24, 2.45) is 17.1 Å². The van der Waals surface area contributed by atoms with E-state index >= 15 is 0 Å². The molecular weight excluding hydrogens is 232 g/mol. The van der Waals surface area contributed by atoms with Crippen LogP contribution >= 0.6 is 12.2 Å². The van der Waals surface area contributed by atoms with Gasteiger partial charge in [-0.2, -0.15) is 0 Å². The summed E-state index contributed by atoms with van der Waals surface area (Å²) < 4.78 is 0. The molecule has 4 heteroatoms. The summed E-state index contributed by atoms with van der Waals surface area (Å²) in [6.45, 7) is 2.24. The van der Waals surface area contributed by atoms with Crippen molar-refractivity contribution in [3.05, 3.63) is 0 Å². The number of carbonyl (C=O) groups is 1. The van der Waals surface area contributed by atoms with Gasteiger partial charge in [-0.1, -0.05) is 32.0 Å². The first-order chi connectivity index (χ1) is 8.04. The zero-order valence-corrected chi connectivity index (χ0v) is 11.3. The smallest absolute Gasteiger partial charge is 0.233 e. The Hall–Kier alpha value is -0.640. The van der Waals surface area contributed by atoms with E-state index in [-0.39, 0.29) is 5.91 Å². The van der Waals surface area contributed by atoms with Crippen molar-refractivity contribution >= 4 is 23.1 Å². The molecule has 0 aromatic carbocycles. The Labute approximate surface area is 109 Å². The summed E-state index contributed by atoms with van der Waals surface area (Å²) in [5.41, 5.74) is 5.27. The fourth-order valence-corrected chi connectivity index (χ4v) is 3.52. The van der Waals surface area contributed by atoms with Crippen molar-refractivity contribution < 1.29 is 4.79 Å². The third-order valence-electron chi connectivity index (χ3n) is 4.39. The highest BCUT2D eigenvalue weighted by molar-refractivity contribution is 7.80. The highest BCUT2D eigenvalue weighted by Crippen LogP contribution is 2.39. The molecule has 2 rings (SSSR count). The van der Waals surface area contributed by atoms with Crippen LogP contribution in [0.25, 0.3) is 0 Å². The molecule has 0 spiro atoms. The SMILES string of the molecule is CC1CCC(NC(=O)C2(C(N)=S)CCCC2)C1. The zero-order valence-electron chi connectivity index (χ0n) is 10.5. The van der Waals surface area contributed by atoms with Gasteiger partial charge in [0.25, 0.3) is 0 Å². The first-order valence-electron chi connectivity index (χ1n) is 6.65. The minimum absolute atomic E-state index is 0.0848. The number of amides is 1. The molecule has 0 bridgehead atoms. The lowest BCUT2D eigenvalue weighted by atomic mass is 9.84. The zero-order chi connectivity index (χ0) is 12.5. The number of carbonyl (C=O) groups excluding carboxylic acids is 1. The average molecular weight is 254 g/mol. The highest BCUT2D eigenvalue weighted by Gasteiger charge is 2.44. The third kappa shape index (κ3) is 2.46. The van der Waals surface area contributed by atoms with Gasteiger partial charge in [0.2, 0.25) is 5.91 Å². The van der Waals surface area contributed by atoms with E-state index in [0.717, 1.165) is 44.4 Å². The quantitative estimate of drug-likeness (QED) is 0.759. The molecule has 2 saturated carbocycles. The van der Waals surface area contributed by atoms with Crippen LogP contribution in [0.3, 0.4) is 0 Å². The van der Waals surface area contributed by atoms with Gasteiger partial charge < -0.3 is 11.1 Å². The minimum atomic E-state index is -0.541. The first kappa shape index (κ1) is 12.8. The van der Waals surface area contributed by atoms with E-state index in [0.29, 0.717) is 11.0 Å². The monoisotopic (exact) mass is 254 g/mol. The molecule has 0 radical (unpaired) electrons. The molecule has 0 aromatic rings. The molecule has 0 heterocycles. The van der Waals surface area contributed by atoms with Gasteiger partial charge in [-0.3, -0.25) is 4.79 Å². The third-order valence-corrected chi connectivity index (χ3v) is 4.78. The highest BCUT2D eigenvalue weighted by atomic mass is 32.1. The molecule has 0 aromatic heterocycles. The molecule has 0 aliphatic heterocycles.